The maximum atomic E-state index is 12.4. The van der Waals surface area contributed by atoms with E-state index in [1.807, 2.05) is 0 Å². The predicted molar refractivity (Wildman–Crippen MR) is 99.3 cm³/mol. The quantitative estimate of drug-likeness (QED) is 0.569. The maximum absolute atomic E-state index is 12.4. The lowest BCUT2D eigenvalue weighted by Crippen LogP contribution is -2.45. The molecule has 0 aliphatic carbocycles. The molecule has 0 bridgehead atoms. The van der Waals surface area contributed by atoms with Gasteiger partial charge in [0.15, 0.2) is 0 Å². The number of hydrogen-bond donors (Lipinski definition) is 1. The molecule has 1 N–H and O–H groups in total. The summed E-state index contributed by atoms with van der Waals surface area (Å²) < 4.78 is 5.06. The summed E-state index contributed by atoms with van der Waals surface area (Å²) in [7, 11) is 1.53. The normalized spacial score (nSPS) is 11.3. The van der Waals surface area contributed by atoms with Gasteiger partial charge in [0.1, 0.15) is 11.8 Å². The van der Waals surface area contributed by atoms with Gasteiger partial charge in [-0.1, -0.05) is 23.7 Å². The Labute approximate surface area is 156 Å². The monoisotopic (exact) mass is 374 g/mol. The predicted octanol–water partition coefficient (Wildman–Crippen LogP) is 2.59. The number of nitrogens with one attached hydrogen (secondary N) is 1. The van der Waals surface area contributed by atoms with Crippen LogP contribution in [0.1, 0.15) is 12.5 Å². The average molecular weight is 375 g/mol. The van der Waals surface area contributed by atoms with Crippen molar-refractivity contribution >= 4 is 35.4 Å². The van der Waals surface area contributed by atoms with Gasteiger partial charge in [-0.25, -0.2) is 0 Å². The number of rotatable bonds is 8. The molecule has 2 rings (SSSR count). The molecular formula is C19H19ClN2O4. The zero-order chi connectivity index (χ0) is 19.1. The summed E-state index contributed by atoms with van der Waals surface area (Å²) >= 11 is 5.89. The van der Waals surface area contributed by atoms with Gasteiger partial charge in [0.05, 0.1) is 7.11 Å². The molecule has 26 heavy (non-hydrogen) atoms. The van der Waals surface area contributed by atoms with Gasteiger partial charge in [-0.3, -0.25) is 14.4 Å². The highest BCUT2D eigenvalue weighted by atomic mass is 35.5. The smallest absolute Gasteiger partial charge is 0.289 e. The molecule has 0 aromatic heterocycles. The van der Waals surface area contributed by atoms with Crippen molar-refractivity contribution in [2.24, 2.45) is 0 Å². The third-order valence-corrected chi connectivity index (χ3v) is 4.08. The number of ether oxygens (including phenoxy) is 1. The fraction of sp³-hybridized carbons (Fsp3) is 0.211. The van der Waals surface area contributed by atoms with Crippen molar-refractivity contribution in [3.05, 3.63) is 59.1 Å². The van der Waals surface area contributed by atoms with Crippen LogP contribution >= 0.6 is 11.6 Å². The van der Waals surface area contributed by atoms with E-state index in [0.717, 1.165) is 5.56 Å². The number of carbonyl (C=O) groups is 3. The van der Waals surface area contributed by atoms with Gasteiger partial charge in [0, 0.05) is 17.3 Å². The van der Waals surface area contributed by atoms with Gasteiger partial charge in [0.25, 0.3) is 5.91 Å². The molecular weight excluding hydrogens is 356 g/mol. The summed E-state index contributed by atoms with van der Waals surface area (Å²) in [5, 5.41) is 3.09. The molecule has 0 radical (unpaired) electrons. The highest BCUT2D eigenvalue weighted by Gasteiger charge is 2.27. The first kappa shape index (κ1) is 19.5. The van der Waals surface area contributed by atoms with Crippen LogP contribution < -0.4 is 15.0 Å². The summed E-state index contributed by atoms with van der Waals surface area (Å²) in [6, 6.07) is 12.6. The van der Waals surface area contributed by atoms with Crippen molar-refractivity contribution in [2.75, 3.05) is 12.0 Å². The molecule has 7 heteroatoms. The molecule has 2 aromatic rings. The third-order valence-electron chi connectivity index (χ3n) is 3.85. The van der Waals surface area contributed by atoms with E-state index in [0.29, 0.717) is 22.9 Å². The number of carbonyl (C=O) groups excluding carboxylic acids is 3. The second kappa shape index (κ2) is 9.01. The molecule has 136 valence electrons. The van der Waals surface area contributed by atoms with Crippen LogP contribution in [0.25, 0.3) is 0 Å². The largest absolute Gasteiger partial charge is 0.497 e. The number of halogens is 1. The van der Waals surface area contributed by atoms with E-state index in [-0.39, 0.29) is 6.54 Å². The first-order valence-electron chi connectivity index (χ1n) is 7.90. The van der Waals surface area contributed by atoms with E-state index < -0.39 is 17.7 Å². The summed E-state index contributed by atoms with van der Waals surface area (Å²) in [5.74, 6) is -0.856. The molecule has 6 nitrogen and oxygen atoms in total. The number of anilines is 1. The molecule has 0 saturated heterocycles. The average Bonchev–Trinajstić information content (AvgIpc) is 2.66. The molecule has 0 aliphatic rings. The number of benzene rings is 2. The molecule has 0 aliphatic heterocycles. The fourth-order valence-corrected chi connectivity index (χ4v) is 2.58. The molecule has 0 saturated carbocycles. The van der Waals surface area contributed by atoms with Crippen LogP contribution in [0.3, 0.4) is 0 Å². The van der Waals surface area contributed by atoms with Gasteiger partial charge in [-0.05, 0) is 48.9 Å². The summed E-state index contributed by atoms with van der Waals surface area (Å²) in [6.07, 6.45) is 0.522. The van der Waals surface area contributed by atoms with Gasteiger partial charge < -0.3 is 15.0 Å². The van der Waals surface area contributed by atoms with Gasteiger partial charge in [-0.15, -0.1) is 0 Å². The summed E-state index contributed by atoms with van der Waals surface area (Å²) in [5.41, 5.74) is 1.26. The van der Waals surface area contributed by atoms with Gasteiger partial charge in [0.2, 0.25) is 12.2 Å². The fourth-order valence-electron chi connectivity index (χ4n) is 2.36. The molecule has 0 spiro atoms. The van der Waals surface area contributed by atoms with Gasteiger partial charge >= 0.3 is 0 Å². The SMILES string of the molecule is COc1ccc(N(C=O)C(C)C(=O)C(=O)NCc2cccc(Cl)c2)cc1. The van der Waals surface area contributed by atoms with Crippen molar-refractivity contribution in [1.82, 2.24) is 5.32 Å². The zero-order valence-corrected chi connectivity index (χ0v) is 15.2. The van der Waals surface area contributed by atoms with Crippen molar-refractivity contribution in [2.45, 2.75) is 19.5 Å². The van der Waals surface area contributed by atoms with Crippen LogP contribution in [-0.4, -0.2) is 31.3 Å². The number of Topliss-reactive ketones (excluding diaryl/α,β-unsaturated/α-hetero) is 1. The van der Waals surface area contributed by atoms with E-state index in [1.54, 1.807) is 48.5 Å². The van der Waals surface area contributed by atoms with E-state index in [2.05, 4.69) is 5.32 Å². The number of hydrogen-bond acceptors (Lipinski definition) is 4. The standard InChI is InChI=1S/C19H19ClN2O4/c1-13(22(12-23)16-6-8-17(26-2)9-7-16)18(24)19(25)21-11-14-4-3-5-15(20)10-14/h3-10,12-13H,11H2,1-2H3,(H,21,25). The molecule has 0 fully saturated rings. The Bertz CT molecular complexity index is 792. The second-order valence-electron chi connectivity index (χ2n) is 5.56. The Morgan fingerprint density at radius 2 is 1.92 bits per heavy atom. The molecule has 1 unspecified atom stereocenters. The Morgan fingerprint density at radius 3 is 2.50 bits per heavy atom. The second-order valence-corrected chi connectivity index (χ2v) is 6.00. The van der Waals surface area contributed by atoms with E-state index in [1.165, 1.54) is 18.9 Å². The molecule has 2 aromatic carbocycles. The molecule has 2 amide bonds. The van der Waals surface area contributed by atoms with Crippen molar-refractivity contribution in [3.63, 3.8) is 0 Å². The highest BCUT2D eigenvalue weighted by molar-refractivity contribution is 6.39. The molecule has 1 atom stereocenters. The van der Waals surface area contributed by atoms with Crippen LogP contribution in [0.2, 0.25) is 5.02 Å². The highest BCUT2D eigenvalue weighted by Crippen LogP contribution is 2.20. The minimum atomic E-state index is -0.944. The molecule has 0 heterocycles. The number of methoxy groups -OCH3 is 1. The lowest BCUT2D eigenvalue weighted by Gasteiger charge is -2.23. The minimum Gasteiger partial charge on any atom is -0.497 e. The number of ketones is 1. The minimum absolute atomic E-state index is 0.168. The lowest BCUT2D eigenvalue weighted by atomic mass is 10.1. The Hall–Kier alpha value is -2.86. The van der Waals surface area contributed by atoms with Crippen molar-refractivity contribution in [3.8, 4) is 5.75 Å². The zero-order valence-electron chi connectivity index (χ0n) is 14.4. The maximum Gasteiger partial charge on any atom is 0.289 e. The van der Waals surface area contributed by atoms with E-state index >= 15 is 0 Å². The number of nitrogens with zero attached hydrogens (tertiary/aromatic N) is 1. The summed E-state index contributed by atoms with van der Waals surface area (Å²) in [6.45, 7) is 1.67. The van der Waals surface area contributed by atoms with E-state index in [9.17, 15) is 14.4 Å². The van der Waals surface area contributed by atoms with Gasteiger partial charge in [-0.2, -0.15) is 0 Å². The summed E-state index contributed by atoms with van der Waals surface area (Å²) in [4.78, 5) is 37.1. The van der Waals surface area contributed by atoms with Crippen molar-refractivity contribution < 1.29 is 19.1 Å². The Balaban J connectivity index is 2.03. The lowest BCUT2D eigenvalue weighted by molar-refractivity contribution is -0.138. The van der Waals surface area contributed by atoms with E-state index in [4.69, 9.17) is 16.3 Å². The Kier molecular flexibility index (Phi) is 6.74. The Morgan fingerprint density at radius 1 is 1.23 bits per heavy atom. The van der Waals surface area contributed by atoms with Crippen LogP contribution in [0.4, 0.5) is 5.69 Å². The van der Waals surface area contributed by atoms with Crippen LogP contribution in [-0.2, 0) is 20.9 Å². The van der Waals surface area contributed by atoms with Crippen molar-refractivity contribution in [1.29, 1.82) is 0 Å². The first-order chi connectivity index (χ1) is 12.5. The number of amides is 2. The third kappa shape index (κ3) is 4.83. The topological polar surface area (TPSA) is 75.7 Å². The van der Waals surface area contributed by atoms with Crippen LogP contribution in [0.5, 0.6) is 5.75 Å². The van der Waals surface area contributed by atoms with Crippen LogP contribution in [0.15, 0.2) is 48.5 Å². The first-order valence-corrected chi connectivity index (χ1v) is 8.28. The van der Waals surface area contributed by atoms with Crippen LogP contribution in [0, 0.1) is 0 Å².